The van der Waals surface area contributed by atoms with Crippen molar-refractivity contribution in [3.8, 4) is 0 Å². The molecule has 0 radical (unpaired) electrons. The number of cyclic esters (lactones) is 1. The Bertz CT molecular complexity index is 748. The van der Waals surface area contributed by atoms with Crippen molar-refractivity contribution in [2.75, 3.05) is 13.2 Å². The van der Waals surface area contributed by atoms with Gasteiger partial charge in [0.2, 0.25) is 5.91 Å². The highest BCUT2D eigenvalue weighted by Gasteiger charge is 2.37. The van der Waals surface area contributed by atoms with Crippen LogP contribution in [-0.4, -0.2) is 36.2 Å². The van der Waals surface area contributed by atoms with Gasteiger partial charge in [0.1, 0.15) is 6.61 Å². The van der Waals surface area contributed by atoms with Crippen LogP contribution in [0.5, 0.6) is 0 Å². The third-order valence-electron chi connectivity index (χ3n) is 4.83. The standard InChI is InChI=1S/C23H27NO4/c25-22(14-8-3-9-15-27-17-20-12-6-2-7-13-20)24-21(18-28-23(24)26)16-19-10-4-1-5-11-19/h1-2,4-7,10-13,21H,3,8-9,14-18H2/t21-/m0/s1. The second kappa shape index (κ2) is 10.6. The van der Waals surface area contributed by atoms with E-state index in [1.165, 1.54) is 4.90 Å². The molecule has 0 aromatic heterocycles. The largest absolute Gasteiger partial charge is 0.447 e. The molecule has 1 aliphatic rings. The SMILES string of the molecule is O=C(CCCCCOCc1ccccc1)N1C(=O)OC[C@@H]1Cc1ccccc1. The molecule has 1 saturated heterocycles. The van der Waals surface area contributed by atoms with E-state index in [9.17, 15) is 9.59 Å². The molecule has 1 atom stereocenters. The van der Waals surface area contributed by atoms with Gasteiger partial charge in [-0.15, -0.1) is 0 Å². The summed E-state index contributed by atoms with van der Waals surface area (Å²) >= 11 is 0. The molecule has 2 aromatic carbocycles. The number of hydrogen-bond acceptors (Lipinski definition) is 4. The number of amides is 2. The first-order valence-corrected chi connectivity index (χ1v) is 9.88. The maximum absolute atomic E-state index is 12.5. The molecule has 1 heterocycles. The van der Waals surface area contributed by atoms with Crippen molar-refractivity contribution < 1.29 is 19.1 Å². The van der Waals surface area contributed by atoms with E-state index in [4.69, 9.17) is 9.47 Å². The number of hydrogen-bond donors (Lipinski definition) is 0. The van der Waals surface area contributed by atoms with E-state index in [0.29, 0.717) is 26.1 Å². The Morgan fingerprint density at radius 3 is 2.36 bits per heavy atom. The van der Waals surface area contributed by atoms with Crippen molar-refractivity contribution in [1.29, 1.82) is 0 Å². The summed E-state index contributed by atoms with van der Waals surface area (Å²) in [4.78, 5) is 25.8. The third-order valence-corrected chi connectivity index (χ3v) is 4.83. The van der Waals surface area contributed by atoms with Crippen LogP contribution in [0.1, 0.15) is 36.8 Å². The van der Waals surface area contributed by atoms with Crippen molar-refractivity contribution >= 4 is 12.0 Å². The monoisotopic (exact) mass is 381 g/mol. The number of nitrogens with zero attached hydrogens (tertiary/aromatic N) is 1. The number of ether oxygens (including phenoxy) is 2. The predicted molar refractivity (Wildman–Crippen MR) is 107 cm³/mol. The lowest BCUT2D eigenvalue weighted by atomic mass is 10.1. The normalized spacial score (nSPS) is 16.2. The molecule has 5 nitrogen and oxygen atoms in total. The summed E-state index contributed by atoms with van der Waals surface area (Å²) in [7, 11) is 0. The Morgan fingerprint density at radius 2 is 1.64 bits per heavy atom. The first-order chi connectivity index (χ1) is 13.7. The van der Waals surface area contributed by atoms with Gasteiger partial charge in [0.05, 0.1) is 12.6 Å². The van der Waals surface area contributed by atoms with Crippen LogP contribution in [0.4, 0.5) is 4.79 Å². The molecule has 148 valence electrons. The summed E-state index contributed by atoms with van der Waals surface area (Å²) in [6, 6.07) is 19.7. The van der Waals surface area contributed by atoms with E-state index in [0.717, 1.165) is 30.4 Å². The molecule has 2 amide bonds. The molecule has 28 heavy (non-hydrogen) atoms. The lowest BCUT2D eigenvalue weighted by Crippen LogP contribution is -2.40. The van der Waals surface area contributed by atoms with Gasteiger partial charge < -0.3 is 9.47 Å². The Morgan fingerprint density at radius 1 is 0.964 bits per heavy atom. The lowest BCUT2D eigenvalue weighted by molar-refractivity contribution is -0.129. The Balaban J connectivity index is 1.34. The highest BCUT2D eigenvalue weighted by molar-refractivity contribution is 5.93. The minimum Gasteiger partial charge on any atom is -0.447 e. The fourth-order valence-electron chi connectivity index (χ4n) is 3.34. The summed E-state index contributed by atoms with van der Waals surface area (Å²) in [5.74, 6) is -0.145. The second-order valence-electron chi connectivity index (χ2n) is 7.03. The molecular formula is C23H27NO4. The summed E-state index contributed by atoms with van der Waals surface area (Å²) < 4.78 is 10.8. The molecule has 0 spiro atoms. The van der Waals surface area contributed by atoms with Crippen LogP contribution >= 0.6 is 0 Å². The summed E-state index contributed by atoms with van der Waals surface area (Å²) in [5, 5.41) is 0. The Kier molecular flexibility index (Phi) is 7.62. The fraction of sp³-hybridized carbons (Fsp3) is 0.391. The molecule has 1 fully saturated rings. The average Bonchev–Trinajstić information content (AvgIpc) is 3.08. The van der Waals surface area contributed by atoms with E-state index in [-0.39, 0.29) is 18.6 Å². The minimum absolute atomic E-state index is 0.145. The second-order valence-corrected chi connectivity index (χ2v) is 7.03. The maximum atomic E-state index is 12.5. The van der Waals surface area contributed by atoms with E-state index in [1.807, 2.05) is 60.7 Å². The Labute approximate surface area is 166 Å². The highest BCUT2D eigenvalue weighted by Crippen LogP contribution is 2.19. The zero-order valence-corrected chi connectivity index (χ0v) is 16.1. The average molecular weight is 381 g/mol. The van der Waals surface area contributed by atoms with Gasteiger partial charge in [-0.3, -0.25) is 4.79 Å². The van der Waals surface area contributed by atoms with Gasteiger partial charge >= 0.3 is 6.09 Å². The fourth-order valence-corrected chi connectivity index (χ4v) is 3.34. The first kappa shape index (κ1) is 20.1. The molecule has 0 N–H and O–H groups in total. The van der Waals surface area contributed by atoms with Gasteiger partial charge in [-0.2, -0.15) is 0 Å². The van der Waals surface area contributed by atoms with E-state index in [2.05, 4.69) is 0 Å². The van der Waals surface area contributed by atoms with Gasteiger partial charge in [-0.25, -0.2) is 9.69 Å². The summed E-state index contributed by atoms with van der Waals surface area (Å²) in [5.41, 5.74) is 2.26. The van der Waals surface area contributed by atoms with Crippen molar-refractivity contribution in [3.63, 3.8) is 0 Å². The molecule has 5 heteroatoms. The molecule has 0 saturated carbocycles. The summed E-state index contributed by atoms with van der Waals surface area (Å²) in [6.07, 6.45) is 3.02. The number of imide groups is 1. The van der Waals surface area contributed by atoms with Gasteiger partial charge in [0, 0.05) is 13.0 Å². The first-order valence-electron chi connectivity index (χ1n) is 9.88. The molecule has 1 aliphatic heterocycles. The predicted octanol–water partition coefficient (Wildman–Crippen LogP) is 4.35. The van der Waals surface area contributed by atoms with Gasteiger partial charge in [-0.05, 0) is 30.4 Å². The molecular weight excluding hydrogens is 354 g/mol. The number of carbonyl (C=O) groups excluding carboxylic acids is 2. The van der Waals surface area contributed by atoms with Crippen LogP contribution in [0.3, 0.4) is 0 Å². The van der Waals surface area contributed by atoms with Crippen molar-refractivity contribution in [1.82, 2.24) is 4.90 Å². The van der Waals surface area contributed by atoms with Crippen LogP contribution in [0.15, 0.2) is 60.7 Å². The lowest BCUT2D eigenvalue weighted by Gasteiger charge is -2.19. The van der Waals surface area contributed by atoms with Gasteiger partial charge in [-0.1, -0.05) is 67.1 Å². The van der Waals surface area contributed by atoms with Crippen molar-refractivity contribution in [3.05, 3.63) is 71.8 Å². The number of unbranched alkanes of at least 4 members (excludes halogenated alkanes) is 2. The number of benzene rings is 2. The quantitative estimate of drug-likeness (QED) is 0.574. The van der Waals surface area contributed by atoms with Gasteiger partial charge in [0.25, 0.3) is 0 Å². The third kappa shape index (κ3) is 5.92. The van der Waals surface area contributed by atoms with Crippen LogP contribution in [0, 0.1) is 0 Å². The topological polar surface area (TPSA) is 55.8 Å². The maximum Gasteiger partial charge on any atom is 0.416 e. The minimum atomic E-state index is -0.517. The molecule has 0 unspecified atom stereocenters. The smallest absolute Gasteiger partial charge is 0.416 e. The molecule has 3 rings (SSSR count). The van der Waals surface area contributed by atoms with Crippen LogP contribution in [0.25, 0.3) is 0 Å². The van der Waals surface area contributed by atoms with Crippen LogP contribution in [-0.2, 0) is 27.3 Å². The van der Waals surface area contributed by atoms with Crippen molar-refractivity contribution in [2.45, 2.75) is 44.8 Å². The van der Waals surface area contributed by atoms with Crippen LogP contribution in [0.2, 0.25) is 0 Å². The van der Waals surface area contributed by atoms with Crippen LogP contribution < -0.4 is 0 Å². The van der Waals surface area contributed by atoms with Crippen molar-refractivity contribution in [2.24, 2.45) is 0 Å². The van der Waals surface area contributed by atoms with E-state index < -0.39 is 6.09 Å². The molecule has 0 aliphatic carbocycles. The number of rotatable bonds is 10. The molecule has 0 bridgehead atoms. The van der Waals surface area contributed by atoms with E-state index >= 15 is 0 Å². The zero-order chi connectivity index (χ0) is 19.6. The van der Waals surface area contributed by atoms with Gasteiger partial charge in [0.15, 0.2) is 0 Å². The number of carbonyl (C=O) groups is 2. The Hall–Kier alpha value is -2.66. The summed E-state index contributed by atoms with van der Waals surface area (Å²) in [6.45, 7) is 1.55. The molecule has 2 aromatic rings. The highest BCUT2D eigenvalue weighted by atomic mass is 16.6. The van der Waals surface area contributed by atoms with E-state index in [1.54, 1.807) is 0 Å². The zero-order valence-electron chi connectivity index (χ0n) is 16.1.